The Labute approximate surface area is 188 Å². The van der Waals surface area contributed by atoms with Crippen LogP contribution in [-0.2, 0) is 0 Å². The van der Waals surface area contributed by atoms with Gasteiger partial charge in [-0.1, -0.05) is 54.1 Å². The highest BCUT2D eigenvalue weighted by Gasteiger charge is 2.13. The molecule has 0 atom stereocenters. The quantitative estimate of drug-likeness (QED) is 0.297. The van der Waals surface area contributed by atoms with Crippen molar-refractivity contribution in [1.82, 2.24) is 9.97 Å². The van der Waals surface area contributed by atoms with Crippen LogP contribution >= 0.6 is 0 Å². The van der Waals surface area contributed by atoms with Gasteiger partial charge in [0.25, 0.3) is 0 Å². The summed E-state index contributed by atoms with van der Waals surface area (Å²) in [6.07, 6.45) is 7.38. The molecule has 0 fully saturated rings. The molecule has 0 saturated carbocycles. The van der Waals surface area contributed by atoms with Gasteiger partial charge < -0.3 is 4.90 Å². The molecule has 3 heteroatoms. The van der Waals surface area contributed by atoms with E-state index in [4.69, 9.17) is 0 Å². The second kappa shape index (κ2) is 8.86. The Morgan fingerprint density at radius 2 is 0.875 bits per heavy atom. The Balaban J connectivity index is 1.53. The lowest BCUT2D eigenvalue weighted by Gasteiger charge is -2.26. The predicted octanol–water partition coefficient (Wildman–Crippen LogP) is 7.59. The lowest BCUT2D eigenvalue weighted by atomic mass is 10.1. The number of aryl methyl sites for hydroxylation is 1. The number of aromatic nitrogens is 2. The first-order valence-corrected chi connectivity index (χ1v) is 10.7. The normalized spacial score (nSPS) is 10.7. The van der Waals surface area contributed by atoms with E-state index in [0.29, 0.717) is 0 Å². The van der Waals surface area contributed by atoms with Gasteiger partial charge >= 0.3 is 0 Å². The molecule has 154 valence electrons. The molecule has 0 unspecified atom stereocenters. The van der Waals surface area contributed by atoms with Gasteiger partial charge in [0.1, 0.15) is 0 Å². The molecule has 32 heavy (non-hydrogen) atoms. The van der Waals surface area contributed by atoms with Gasteiger partial charge in [-0.25, -0.2) is 0 Å². The molecule has 3 nitrogen and oxygen atoms in total. The van der Waals surface area contributed by atoms with Crippen molar-refractivity contribution in [3.63, 3.8) is 0 Å². The first-order chi connectivity index (χ1) is 15.8. The largest absolute Gasteiger partial charge is 0.311 e. The van der Waals surface area contributed by atoms with Crippen molar-refractivity contribution >= 4 is 17.1 Å². The smallest absolute Gasteiger partial charge is 0.0462 e. The molecular formula is C29H23N3. The third kappa shape index (κ3) is 4.14. The maximum atomic E-state index is 4.24. The maximum Gasteiger partial charge on any atom is 0.0462 e. The summed E-state index contributed by atoms with van der Waals surface area (Å²) < 4.78 is 0. The highest BCUT2D eigenvalue weighted by molar-refractivity contribution is 5.79. The zero-order valence-corrected chi connectivity index (χ0v) is 17.9. The first-order valence-electron chi connectivity index (χ1n) is 10.7. The molecule has 0 N–H and O–H groups in total. The van der Waals surface area contributed by atoms with Crippen LogP contribution in [0, 0.1) is 6.92 Å². The second-order valence-electron chi connectivity index (χ2n) is 7.75. The Morgan fingerprint density at radius 3 is 1.25 bits per heavy atom. The number of nitrogens with zero attached hydrogens (tertiary/aromatic N) is 3. The number of pyridine rings is 2. The zero-order chi connectivity index (χ0) is 21.8. The van der Waals surface area contributed by atoms with Crippen LogP contribution in [0.2, 0.25) is 0 Å². The van der Waals surface area contributed by atoms with Crippen LogP contribution in [0.4, 0.5) is 17.1 Å². The van der Waals surface area contributed by atoms with E-state index in [-0.39, 0.29) is 0 Å². The molecule has 0 aliphatic rings. The lowest BCUT2D eigenvalue weighted by Crippen LogP contribution is -2.09. The molecule has 5 rings (SSSR count). The molecular weight excluding hydrogens is 390 g/mol. The van der Waals surface area contributed by atoms with E-state index in [2.05, 4.69) is 107 Å². The van der Waals surface area contributed by atoms with E-state index in [9.17, 15) is 0 Å². The molecule has 2 aromatic heterocycles. The number of hydrogen-bond donors (Lipinski definition) is 0. The van der Waals surface area contributed by atoms with Gasteiger partial charge in [-0.3, -0.25) is 9.97 Å². The van der Waals surface area contributed by atoms with E-state index in [1.807, 2.05) is 24.5 Å². The van der Waals surface area contributed by atoms with Crippen LogP contribution in [0.5, 0.6) is 0 Å². The molecule has 0 bridgehead atoms. The summed E-state index contributed by atoms with van der Waals surface area (Å²) in [5.41, 5.74) is 9.11. The highest BCUT2D eigenvalue weighted by Crippen LogP contribution is 2.36. The van der Waals surface area contributed by atoms with Gasteiger partial charge in [-0.2, -0.15) is 0 Å². The average Bonchev–Trinajstić information content (AvgIpc) is 2.87. The summed E-state index contributed by atoms with van der Waals surface area (Å²) >= 11 is 0. The standard InChI is InChI=1S/C29H23N3/c1-22-6-12-27(13-7-22)32(28-14-8-23(9-15-28)25-4-2-18-30-20-25)29-16-10-24(11-17-29)26-5-3-19-31-21-26/h2-21H,1H3. The summed E-state index contributed by atoms with van der Waals surface area (Å²) in [7, 11) is 0. The minimum Gasteiger partial charge on any atom is -0.311 e. The van der Waals surface area contributed by atoms with Crippen molar-refractivity contribution in [1.29, 1.82) is 0 Å². The highest BCUT2D eigenvalue weighted by atomic mass is 15.1. The van der Waals surface area contributed by atoms with Crippen molar-refractivity contribution in [2.24, 2.45) is 0 Å². The number of benzene rings is 3. The van der Waals surface area contributed by atoms with Crippen LogP contribution in [0.1, 0.15) is 5.56 Å². The average molecular weight is 414 g/mol. The maximum absolute atomic E-state index is 4.24. The first kappa shape index (κ1) is 19.7. The summed E-state index contributed by atoms with van der Waals surface area (Å²) in [6.45, 7) is 2.11. The van der Waals surface area contributed by atoms with Crippen molar-refractivity contribution in [3.8, 4) is 22.3 Å². The lowest BCUT2D eigenvalue weighted by molar-refractivity contribution is 1.27. The third-order valence-electron chi connectivity index (χ3n) is 5.53. The minimum absolute atomic E-state index is 1.11. The molecule has 0 spiro atoms. The van der Waals surface area contributed by atoms with Crippen molar-refractivity contribution in [2.75, 3.05) is 4.90 Å². The molecule has 2 heterocycles. The van der Waals surface area contributed by atoms with Gasteiger partial charge in [0.2, 0.25) is 0 Å². The van der Waals surface area contributed by atoms with Crippen LogP contribution in [0.3, 0.4) is 0 Å². The Morgan fingerprint density at radius 1 is 0.469 bits per heavy atom. The number of anilines is 3. The minimum atomic E-state index is 1.11. The fourth-order valence-electron chi connectivity index (χ4n) is 3.81. The van der Waals surface area contributed by atoms with Crippen LogP contribution in [0.25, 0.3) is 22.3 Å². The second-order valence-corrected chi connectivity index (χ2v) is 7.75. The topological polar surface area (TPSA) is 29.0 Å². The van der Waals surface area contributed by atoms with Crippen molar-refractivity contribution in [3.05, 3.63) is 127 Å². The van der Waals surface area contributed by atoms with E-state index in [1.54, 1.807) is 12.4 Å². The van der Waals surface area contributed by atoms with E-state index in [1.165, 1.54) is 5.56 Å². The molecule has 3 aromatic carbocycles. The third-order valence-corrected chi connectivity index (χ3v) is 5.53. The van der Waals surface area contributed by atoms with Gasteiger partial charge in [0, 0.05) is 41.8 Å². The number of hydrogen-bond acceptors (Lipinski definition) is 3. The van der Waals surface area contributed by atoms with E-state index in [0.717, 1.165) is 39.3 Å². The number of rotatable bonds is 5. The Bertz CT molecular complexity index is 1200. The molecule has 0 aliphatic carbocycles. The van der Waals surface area contributed by atoms with Crippen molar-refractivity contribution in [2.45, 2.75) is 6.92 Å². The summed E-state index contributed by atoms with van der Waals surface area (Å²) in [6, 6.07) is 34.0. The van der Waals surface area contributed by atoms with E-state index < -0.39 is 0 Å². The van der Waals surface area contributed by atoms with Gasteiger partial charge in [-0.15, -0.1) is 0 Å². The summed E-state index contributed by atoms with van der Waals surface area (Å²) in [5, 5.41) is 0. The molecule has 0 amide bonds. The molecule has 0 saturated heterocycles. The van der Waals surface area contributed by atoms with Gasteiger partial charge in [-0.05, 0) is 77.7 Å². The van der Waals surface area contributed by atoms with Gasteiger partial charge in [0.15, 0.2) is 0 Å². The molecule has 0 radical (unpaired) electrons. The summed E-state index contributed by atoms with van der Waals surface area (Å²) in [4.78, 5) is 10.8. The summed E-state index contributed by atoms with van der Waals surface area (Å²) in [5.74, 6) is 0. The van der Waals surface area contributed by atoms with Crippen LogP contribution in [0.15, 0.2) is 122 Å². The fraction of sp³-hybridized carbons (Fsp3) is 0.0345. The van der Waals surface area contributed by atoms with Crippen LogP contribution in [-0.4, -0.2) is 9.97 Å². The van der Waals surface area contributed by atoms with Gasteiger partial charge in [0.05, 0.1) is 0 Å². The van der Waals surface area contributed by atoms with Crippen LogP contribution < -0.4 is 4.90 Å². The molecule has 5 aromatic rings. The van der Waals surface area contributed by atoms with E-state index >= 15 is 0 Å². The van der Waals surface area contributed by atoms with Crippen molar-refractivity contribution < 1.29 is 0 Å². The SMILES string of the molecule is Cc1ccc(N(c2ccc(-c3cccnc3)cc2)c2ccc(-c3cccnc3)cc2)cc1. The zero-order valence-electron chi connectivity index (χ0n) is 17.9. The Hall–Kier alpha value is -4.24. The molecule has 0 aliphatic heterocycles. The monoisotopic (exact) mass is 413 g/mol. The predicted molar refractivity (Wildman–Crippen MR) is 132 cm³/mol. The Kier molecular flexibility index (Phi) is 5.46. The fourth-order valence-corrected chi connectivity index (χ4v) is 3.81.